The first kappa shape index (κ1) is 18.3. The van der Waals surface area contributed by atoms with Gasteiger partial charge in [0.25, 0.3) is 0 Å². The number of carbonyl (C=O) groups is 2. The first-order chi connectivity index (χ1) is 11.3. The summed E-state index contributed by atoms with van der Waals surface area (Å²) < 4.78 is 37.2. The summed E-state index contributed by atoms with van der Waals surface area (Å²) in [5.41, 5.74) is 0.150. The average molecular weight is 344 g/mol. The van der Waals surface area contributed by atoms with E-state index in [2.05, 4.69) is 5.32 Å². The molecule has 0 aliphatic carbocycles. The van der Waals surface area contributed by atoms with Crippen LogP contribution in [-0.4, -0.2) is 47.7 Å². The van der Waals surface area contributed by atoms with E-state index in [1.54, 1.807) is 0 Å². The lowest BCUT2D eigenvalue weighted by Gasteiger charge is -2.31. The van der Waals surface area contributed by atoms with E-state index in [9.17, 15) is 22.8 Å². The fourth-order valence-electron chi connectivity index (χ4n) is 2.72. The molecule has 1 fully saturated rings. The number of hydrogen-bond acceptors (Lipinski definition) is 3. The van der Waals surface area contributed by atoms with Gasteiger partial charge in [-0.2, -0.15) is 13.2 Å². The number of anilines is 1. The fourth-order valence-corrected chi connectivity index (χ4v) is 2.72. The number of piperidine rings is 1. The highest BCUT2D eigenvalue weighted by atomic mass is 19.4. The Kier molecular flexibility index (Phi) is 5.82. The largest absolute Gasteiger partial charge is 0.396 e. The third-order valence-corrected chi connectivity index (χ3v) is 3.85. The van der Waals surface area contributed by atoms with Gasteiger partial charge >= 0.3 is 18.0 Å². The number of amides is 2. The van der Waals surface area contributed by atoms with Crippen LogP contribution in [0, 0.1) is 5.92 Å². The van der Waals surface area contributed by atoms with Gasteiger partial charge in [-0.3, -0.25) is 9.59 Å². The van der Waals surface area contributed by atoms with Crippen LogP contribution in [0.2, 0.25) is 0 Å². The van der Waals surface area contributed by atoms with Gasteiger partial charge in [-0.25, -0.2) is 0 Å². The van der Waals surface area contributed by atoms with Crippen molar-refractivity contribution in [3.8, 4) is 0 Å². The van der Waals surface area contributed by atoms with Crippen LogP contribution in [0.25, 0.3) is 0 Å². The summed E-state index contributed by atoms with van der Waals surface area (Å²) in [7, 11) is 0. The molecule has 5 nitrogen and oxygen atoms in total. The first-order valence-electron chi connectivity index (χ1n) is 7.65. The lowest BCUT2D eigenvalue weighted by Crippen LogP contribution is -2.45. The Morgan fingerprint density at radius 3 is 2.75 bits per heavy atom. The van der Waals surface area contributed by atoms with Crippen LogP contribution in [0.4, 0.5) is 18.9 Å². The summed E-state index contributed by atoms with van der Waals surface area (Å²) in [4.78, 5) is 25.5. The lowest BCUT2D eigenvalue weighted by molar-refractivity contribution is -0.144. The number of rotatable bonds is 3. The van der Waals surface area contributed by atoms with Crippen molar-refractivity contribution >= 4 is 17.5 Å². The average Bonchev–Trinajstić information content (AvgIpc) is 2.53. The molecule has 1 aliphatic rings. The molecule has 1 unspecified atom stereocenters. The number of hydrogen-bond donors (Lipinski definition) is 2. The highest BCUT2D eigenvalue weighted by Gasteiger charge is 2.29. The molecule has 1 atom stereocenters. The van der Waals surface area contributed by atoms with Gasteiger partial charge < -0.3 is 15.3 Å². The number of likely N-dealkylation sites (tertiary alicyclic amines) is 1. The molecule has 132 valence electrons. The van der Waals surface area contributed by atoms with Crippen LogP contribution in [0.3, 0.4) is 0 Å². The third-order valence-electron chi connectivity index (χ3n) is 3.85. The second-order valence-corrected chi connectivity index (χ2v) is 5.89. The van der Waals surface area contributed by atoms with Gasteiger partial charge in [0, 0.05) is 25.4 Å². The Hall–Kier alpha value is -2.09. The topological polar surface area (TPSA) is 69.6 Å². The quantitative estimate of drug-likeness (QED) is 0.824. The zero-order valence-corrected chi connectivity index (χ0v) is 13.0. The number of benzene rings is 1. The van der Waals surface area contributed by atoms with Gasteiger partial charge in [-0.15, -0.1) is 0 Å². The Morgan fingerprint density at radius 1 is 1.33 bits per heavy atom. The summed E-state index contributed by atoms with van der Waals surface area (Å²) in [5.74, 6) is -1.68. The van der Waals surface area contributed by atoms with Crippen LogP contribution in [0.1, 0.15) is 18.4 Å². The molecule has 0 radical (unpaired) electrons. The van der Waals surface area contributed by atoms with Crippen molar-refractivity contribution in [3.63, 3.8) is 0 Å². The molecule has 0 spiro atoms. The van der Waals surface area contributed by atoms with Crippen molar-refractivity contribution in [1.29, 1.82) is 0 Å². The highest BCUT2D eigenvalue weighted by molar-refractivity contribution is 6.39. The standard InChI is InChI=1S/C16H19F3N2O3/c17-16(18,19)8-11-3-1-5-13(7-11)20-14(23)15(24)21-6-2-4-12(9-21)10-22/h1,3,5,7,12,22H,2,4,6,8-10H2,(H,20,23). The minimum Gasteiger partial charge on any atom is -0.396 e. The van der Waals surface area contributed by atoms with Crippen molar-refractivity contribution < 1.29 is 27.9 Å². The number of carbonyl (C=O) groups excluding carboxylic acids is 2. The van der Waals surface area contributed by atoms with E-state index in [4.69, 9.17) is 5.11 Å². The lowest BCUT2D eigenvalue weighted by atomic mass is 9.99. The molecule has 2 amide bonds. The van der Waals surface area contributed by atoms with E-state index in [0.29, 0.717) is 19.5 Å². The molecule has 2 rings (SSSR count). The van der Waals surface area contributed by atoms with Gasteiger partial charge in [0.2, 0.25) is 0 Å². The van der Waals surface area contributed by atoms with Crippen LogP contribution in [0.5, 0.6) is 0 Å². The monoisotopic (exact) mass is 344 g/mol. The normalized spacial score (nSPS) is 18.3. The second-order valence-electron chi connectivity index (χ2n) is 5.89. The predicted octanol–water partition coefficient (Wildman–Crippen LogP) is 1.96. The van der Waals surface area contributed by atoms with Gasteiger partial charge in [-0.05, 0) is 36.5 Å². The molecule has 1 aromatic carbocycles. The Bertz CT molecular complexity index is 604. The summed E-state index contributed by atoms with van der Waals surface area (Å²) in [6, 6.07) is 5.33. The molecular formula is C16H19F3N2O3. The molecule has 0 aromatic heterocycles. The molecule has 1 heterocycles. The molecule has 1 saturated heterocycles. The fraction of sp³-hybridized carbons (Fsp3) is 0.500. The molecule has 1 aromatic rings. The van der Waals surface area contributed by atoms with E-state index in [1.807, 2.05) is 0 Å². The third kappa shape index (κ3) is 5.23. The van der Waals surface area contributed by atoms with Crippen LogP contribution < -0.4 is 5.32 Å². The first-order valence-corrected chi connectivity index (χ1v) is 7.65. The predicted molar refractivity (Wildman–Crippen MR) is 81.2 cm³/mol. The maximum atomic E-state index is 12.4. The minimum absolute atomic E-state index is 0.00562. The van der Waals surface area contributed by atoms with Crippen LogP contribution >= 0.6 is 0 Å². The Morgan fingerprint density at radius 2 is 2.08 bits per heavy atom. The zero-order chi connectivity index (χ0) is 17.7. The summed E-state index contributed by atoms with van der Waals surface area (Å²) in [5, 5.41) is 11.5. The smallest absolute Gasteiger partial charge is 0.393 e. The molecule has 8 heteroatoms. The summed E-state index contributed by atoms with van der Waals surface area (Å²) >= 11 is 0. The molecule has 24 heavy (non-hydrogen) atoms. The van der Waals surface area contributed by atoms with Crippen LogP contribution in [-0.2, 0) is 16.0 Å². The molecule has 0 bridgehead atoms. The number of nitrogens with one attached hydrogen (secondary N) is 1. The highest BCUT2D eigenvalue weighted by Crippen LogP contribution is 2.23. The van der Waals surface area contributed by atoms with E-state index in [0.717, 1.165) is 6.42 Å². The van der Waals surface area contributed by atoms with Gasteiger partial charge in [0.15, 0.2) is 0 Å². The number of nitrogens with zero attached hydrogens (tertiary/aromatic N) is 1. The van der Waals surface area contributed by atoms with Crippen LogP contribution in [0.15, 0.2) is 24.3 Å². The van der Waals surface area contributed by atoms with E-state index in [-0.39, 0.29) is 23.8 Å². The zero-order valence-electron chi connectivity index (χ0n) is 13.0. The SMILES string of the molecule is O=C(Nc1cccc(CC(F)(F)F)c1)C(=O)N1CCCC(CO)C1. The van der Waals surface area contributed by atoms with Crippen molar-refractivity contribution in [2.24, 2.45) is 5.92 Å². The Balaban J connectivity index is 1.98. The molecule has 1 aliphatic heterocycles. The van der Waals surface area contributed by atoms with E-state index >= 15 is 0 Å². The summed E-state index contributed by atoms with van der Waals surface area (Å²) in [6.07, 6.45) is -3.95. The number of aliphatic hydroxyl groups excluding tert-OH is 1. The number of alkyl halides is 3. The van der Waals surface area contributed by atoms with Crippen molar-refractivity contribution in [1.82, 2.24) is 4.90 Å². The minimum atomic E-state index is -4.34. The van der Waals surface area contributed by atoms with Crippen molar-refractivity contribution in [3.05, 3.63) is 29.8 Å². The molecular weight excluding hydrogens is 325 g/mol. The van der Waals surface area contributed by atoms with Gasteiger partial charge in [0.05, 0.1) is 6.42 Å². The van der Waals surface area contributed by atoms with E-state index in [1.165, 1.54) is 29.2 Å². The van der Waals surface area contributed by atoms with Gasteiger partial charge in [-0.1, -0.05) is 12.1 Å². The maximum absolute atomic E-state index is 12.4. The number of halogens is 3. The van der Waals surface area contributed by atoms with Crippen molar-refractivity contribution in [2.45, 2.75) is 25.4 Å². The maximum Gasteiger partial charge on any atom is 0.393 e. The van der Waals surface area contributed by atoms with Gasteiger partial charge in [0.1, 0.15) is 0 Å². The molecule has 0 saturated carbocycles. The summed E-state index contributed by atoms with van der Waals surface area (Å²) in [6.45, 7) is 0.679. The Labute approximate surface area is 137 Å². The number of aliphatic hydroxyl groups is 1. The molecule has 2 N–H and O–H groups in total. The second kappa shape index (κ2) is 7.65. The van der Waals surface area contributed by atoms with Crippen molar-refractivity contribution in [2.75, 3.05) is 25.0 Å². The van der Waals surface area contributed by atoms with E-state index < -0.39 is 24.4 Å².